The molecule has 0 spiro atoms. The number of para-hydroxylation sites is 1. The van der Waals surface area contributed by atoms with Gasteiger partial charge in [0, 0.05) is 17.3 Å². The van der Waals surface area contributed by atoms with E-state index in [0.29, 0.717) is 17.2 Å². The van der Waals surface area contributed by atoms with E-state index in [1.807, 2.05) is 54.6 Å². The number of amides is 1. The van der Waals surface area contributed by atoms with Gasteiger partial charge in [-0.15, -0.1) is 0 Å². The summed E-state index contributed by atoms with van der Waals surface area (Å²) in [6, 6.07) is 16.9. The van der Waals surface area contributed by atoms with Gasteiger partial charge in [0.2, 0.25) is 12.7 Å². The molecule has 26 heavy (non-hydrogen) atoms. The Labute approximate surface area is 149 Å². The van der Waals surface area contributed by atoms with Gasteiger partial charge in [0.1, 0.15) is 0 Å². The van der Waals surface area contributed by atoms with Crippen molar-refractivity contribution in [3.8, 4) is 22.8 Å². The van der Waals surface area contributed by atoms with Crippen LogP contribution in [0.2, 0.25) is 0 Å². The van der Waals surface area contributed by atoms with Crippen LogP contribution in [-0.4, -0.2) is 17.9 Å². The van der Waals surface area contributed by atoms with Crippen LogP contribution in [0.1, 0.15) is 18.5 Å². The van der Waals surface area contributed by atoms with Gasteiger partial charge in [-0.25, -0.2) is 0 Å². The number of nitrogens with one attached hydrogen (secondary N) is 1. The molecule has 1 fully saturated rings. The molecule has 6 nitrogen and oxygen atoms in total. The maximum Gasteiger partial charge on any atom is 0.236 e. The average molecular weight is 348 g/mol. The van der Waals surface area contributed by atoms with Crippen molar-refractivity contribution in [1.29, 1.82) is 0 Å². The Kier molecular flexibility index (Phi) is 3.25. The molecule has 1 amide bonds. The van der Waals surface area contributed by atoms with E-state index in [4.69, 9.17) is 14.0 Å². The van der Waals surface area contributed by atoms with E-state index in [2.05, 4.69) is 10.5 Å². The van der Waals surface area contributed by atoms with Gasteiger partial charge >= 0.3 is 0 Å². The van der Waals surface area contributed by atoms with Crippen LogP contribution in [-0.2, 0) is 10.2 Å². The second-order valence-electron chi connectivity index (χ2n) is 6.55. The Bertz CT molecular complexity index is 976. The molecule has 0 bridgehead atoms. The van der Waals surface area contributed by atoms with Gasteiger partial charge < -0.3 is 19.3 Å². The fourth-order valence-electron chi connectivity index (χ4n) is 3.18. The predicted octanol–water partition coefficient (Wildman–Crippen LogP) is 3.74. The zero-order valence-electron chi connectivity index (χ0n) is 13.9. The third-order valence-corrected chi connectivity index (χ3v) is 4.87. The van der Waals surface area contributed by atoms with Crippen LogP contribution in [0.5, 0.6) is 11.5 Å². The van der Waals surface area contributed by atoms with Gasteiger partial charge in [-0.05, 0) is 43.2 Å². The van der Waals surface area contributed by atoms with Crippen LogP contribution in [0, 0.1) is 0 Å². The van der Waals surface area contributed by atoms with Crippen LogP contribution in [0.3, 0.4) is 0 Å². The molecule has 3 aromatic rings. The summed E-state index contributed by atoms with van der Waals surface area (Å²) >= 11 is 0. The monoisotopic (exact) mass is 348 g/mol. The van der Waals surface area contributed by atoms with Crippen LogP contribution in [0.15, 0.2) is 59.1 Å². The first-order valence-corrected chi connectivity index (χ1v) is 8.48. The van der Waals surface area contributed by atoms with Gasteiger partial charge in [-0.2, -0.15) is 0 Å². The normalized spacial score (nSPS) is 16.3. The SMILES string of the molecule is O=C(Nc1ccccc1)C1(c2cc(-c3ccc4c(c3)OCO4)on2)CC1. The molecule has 1 aliphatic carbocycles. The second kappa shape index (κ2) is 5.62. The summed E-state index contributed by atoms with van der Waals surface area (Å²) in [5, 5.41) is 7.14. The Morgan fingerprint density at radius 3 is 2.62 bits per heavy atom. The van der Waals surface area contributed by atoms with Crippen molar-refractivity contribution in [3.63, 3.8) is 0 Å². The van der Waals surface area contributed by atoms with Gasteiger partial charge in [-0.1, -0.05) is 23.4 Å². The lowest BCUT2D eigenvalue weighted by Gasteiger charge is -2.12. The van der Waals surface area contributed by atoms with Crippen LogP contribution in [0.4, 0.5) is 5.69 Å². The first kappa shape index (κ1) is 15.0. The molecule has 2 aromatic carbocycles. The van der Waals surface area contributed by atoms with Gasteiger partial charge in [-0.3, -0.25) is 4.79 Å². The van der Waals surface area contributed by atoms with E-state index in [-0.39, 0.29) is 12.7 Å². The highest BCUT2D eigenvalue weighted by atomic mass is 16.7. The minimum Gasteiger partial charge on any atom is -0.454 e. The van der Waals surface area contributed by atoms with Crippen LogP contribution in [0.25, 0.3) is 11.3 Å². The predicted molar refractivity (Wildman–Crippen MR) is 94.0 cm³/mol. The summed E-state index contributed by atoms with van der Waals surface area (Å²) in [5.74, 6) is 1.96. The molecular weight excluding hydrogens is 332 g/mol. The van der Waals surface area contributed by atoms with Crippen molar-refractivity contribution in [3.05, 3.63) is 60.3 Å². The highest BCUT2D eigenvalue weighted by Gasteiger charge is 2.53. The van der Waals surface area contributed by atoms with E-state index in [0.717, 1.165) is 29.8 Å². The number of aromatic nitrogens is 1. The standard InChI is InChI=1S/C20H16N2O4/c23-19(21-14-4-2-1-3-5-14)20(8-9-20)18-11-16(26-22-18)13-6-7-15-17(10-13)25-12-24-15/h1-7,10-11H,8-9,12H2,(H,21,23). The highest BCUT2D eigenvalue weighted by Crippen LogP contribution is 2.49. The molecular formula is C20H16N2O4. The van der Waals surface area contributed by atoms with E-state index in [1.54, 1.807) is 0 Å². The van der Waals surface area contributed by atoms with Crippen molar-refractivity contribution in [2.24, 2.45) is 0 Å². The maximum atomic E-state index is 12.8. The van der Waals surface area contributed by atoms with Gasteiger partial charge in [0.25, 0.3) is 0 Å². The molecule has 0 unspecified atom stereocenters. The average Bonchev–Trinajstić information content (AvgIpc) is 3.12. The number of nitrogens with zero attached hydrogens (tertiary/aromatic N) is 1. The lowest BCUT2D eigenvalue weighted by Crippen LogP contribution is -2.28. The minimum atomic E-state index is -0.603. The summed E-state index contributed by atoms with van der Waals surface area (Å²) in [7, 11) is 0. The molecule has 1 N–H and O–H groups in total. The molecule has 2 aliphatic rings. The molecule has 1 aromatic heterocycles. The number of benzene rings is 2. The van der Waals surface area contributed by atoms with E-state index in [1.165, 1.54) is 0 Å². The van der Waals surface area contributed by atoms with Crippen molar-refractivity contribution >= 4 is 11.6 Å². The van der Waals surface area contributed by atoms with E-state index in [9.17, 15) is 4.79 Å². The largest absolute Gasteiger partial charge is 0.454 e. The van der Waals surface area contributed by atoms with Crippen molar-refractivity contribution in [2.45, 2.75) is 18.3 Å². The number of rotatable bonds is 4. The summed E-state index contributed by atoms with van der Waals surface area (Å²) in [5.41, 5.74) is 1.68. The number of fused-ring (bicyclic) bond motifs is 1. The molecule has 0 atom stereocenters. The third-order valence-electron chi connectivity index (χ3n) is 4.87. The Morgan fingerprint density at radius 1 is 1.00 bits per heavy atom. The number of carbonyl (C=O) groups is 1. The smallest absolute Gasteiger partial charge is 0.236 e. The summed E-state index contributed by atoms with van der Waals surface area (Å²) in [6.07, 6.45) is 1.53. The van der Waals surface area contributed by atoms with Gasteiger partial charge in [0.15, 0.2) is 17.3 Å². The number of carbonyl (C=O) groups excluding carboxylic acids is 1. The zero-order chi connectivity index (χ0) is 17.6. The number of anilines is 1. The third kappa shape index (κ3) is 2.42. The van der Waals surface area contributed by atoms with Crippen molar-refractivity contribution in [1.82, 2.24) is 5.16 Å². The number of hydrogen-bond acceptors (Lipinski definition) is 5. The molecule has 1 saturated carbocycles. The minimum absolute atomic E-state index is 0.0470. The summed E-state index contributed by atoms with van der Waals surface area (Å²) in [4.78, 5) is 12.8. The molecule has 0 saturated heterocycles. The summed E-state index contributed by atoms with van der Waals surface area (Å²) < 4.78 is 16.2. The lowest BCUT2D eigenvalue weighted by molar-refractivity contribution is -0.118. The summed E-state index contributed by atoms with van der Waals surface area (Å²) in [6.45, 7) is 0.225. The topological polar surface area (TPSA) is 73.6 Å². The molecule has 130 valence electrons. The Hall–Kier alpha value is -3.28. The Morgan fingerprint density at radius 2 is 1.81 bits per heavy atom. The fourth-order valence-corrected chi connectivity index (χ4v) is 3.18. The van der Waals surface area contributed by atoms with Crippen LogP contribution < -0.4 is 14.8 Å². The lowest BCUT2D eigenvalue weighted by atomic mass is 10.00. The maximum absolute atomic E-state index is 12.8. The van der Waals surface area contributed by atoms with Crippen molar-refractivity contribution in [2.75, 3.05) is 12.1 Å². The molecule has 0 radical (unpaired) electrons. The molecule has 6 heteroatoms. The van der Waals surface area contributed by atoms with Gasteiger partial charge in [0.05, 0.1) is 11.1 Å². The second-order valence-corrected chi connectivity index (χ2v) is 6.55. The molecule has 1 aliphatic heterocycles. The van der Waals surface area contributed by atoms with E-state index < -0.39 is 5.41 Å². The quantitative estimate of drug-likeness (QED) is 0.777. The van der Waals surface area contributed by atoms with Crippen LogP contribution >= 0.6 is 0 Å². The van der Waals surface area contributed by atoms with Crippen molar-refractivity contribution < 1.29 is 18.8 Å². The Balaban J connectivity index is 1.40. The van der Waals surface area contributed by atoms with E-state index >= 15 is 0 Å². The number of ether oxygens (including phenoxy) is 2. The fraction of sp³-hybridized carbons (Fsp3) is 0.200. The first-order chi connectivity index (χ1) is 12.7. The molecule has 2 heterocycles. The highest BCUT2D eigenvalue weighted by molar-refractivity contribution is 6.01. The number of hydrogen-bond donors (Lipinski definition) is 1. The first-order valence-electron chi connectivity index (χ1n) is 8.48. The zero-order valence-corrected chi connectivity index (χ0v) is 13.9. The molecule has 5 rings (SSSR count).